The fourth-order valence-corrected chi connectivity index (χ4v) is 4.07. The topological polar surface area (TPSA) is 67.7 Å². The summed E-state index contributed by atoms with van der Waals surface area (Å²) in [5.74, 6) is 0.593. The van der Waals surface area contributed by atoms with E-state index in [0.717, 1.165) is 56.0 Å². The molecule has 4 rings (SSSR count). The Bertz CT molecular complexity index is 1100. The molecule has 0 atom stereocenters. The van der Waals surface area contributed by atoms with Crippen molar-refractivity contribution >= 4 is 0 Å². The molecule has 0 unspecified atom stereocenters. The van der Waals surface area contributed by atoms with E-state index in [1.54, 1.807) is 0 Å². The van der Waals surface area contributed by atoms with Gasteiger partial charge < -0.3 is 10.3 Å². The first kappa shape index (κ1) is 23.0. The predicted octanol–water partition coefficient (Wildman–Crippen LogP) is 5.03. The number of rotatable bonds is 6. The van der Waals surface area contributed by atoms with Crippen LogP contribution in [0.2, 0.25) is 0 Å². The van der Waals surface area contributed by atoms with Gasteiger partial charge in [0.1, 0.15) is 5.82 Å². The Kier molecular flexibility index (Phi) is 6.82. The highest BCUT2D eigenvalue weighted by Crippen LogP contribution is 2.30. The normalized spacial score (nSPS) is 15.5. The molecule has 1 aliphatic rings. The van der Waals surface area contributed by atoms with Gasteiger partial charge in [-0.15, -0.1) is 0 Å². The molecule has 0 amide bonds. The number of nitrogens with zero attached hydrogens (tertiary/aromatic N) is 3. The van der Waals surface area contributed by atoms with Crippen LogP contribution in [0.15, 0.2) is 48.5 Å². The average molecular weight is 454 g/mol. The van der Waals surface area contributed by atoms with Crippen LogP contribution in [0.4, 0.5) is 13.2 Å². The highest BCUT2D eigenvalue weighted by molar-refractivity contribution is 5.56. The third kappa shape index (κ3) is 5.81. The molecule has 0 radical (unpaired) electrons. The molecule has 8 heteroatoms. The van der Waals surface area contributed by atoms with Crippen LogP contribution in [-0.4, -0.2) is 34.0 Å². The monoisotopic (exact) mass is 453 g/mol. The Morgan fingerprint density at radius 3 is 2.36 bits per heavy atom. The molecule has 0 saturated carbocycles. The van der Waals surface area contributed by atoms with Crippen LogP contribution in [0, 0.1) is 18.3 Å². The maximum absolute atomic E-state index is 12.8. The molecule has 0 bridgehead atoms. The zero-order valence-corrected chi connectivity index (χ0v) is 18.4. The lowest BCUT2D eigenvalue weighted by molar-refractivity contribution is -0.137. The van der Waals surface area contributed by atoms with E-state index in [1.165, 1.54) is 17.7 Å². The molecule has 2 heterocycles. The molecular weight excluding hydrogens is 427 g/mol. The second-order valence-corrected chi connectivity index (χ2v) is 8.47. The number of benzene rings is 2. The van der Waals surface area contributed by atoms with Gasteiger partial charge in [0.2, 0.25) is 0 Å². The predicted molar refractivity (Wildman–Crippen MR) is 120 cm³/mol. The largest absolute Gasteiger partial charge is 0.416 e. The summed E-state index contributed by atoms with van der Waals surface area (Å²) >= 11 is 0. The SMILES string of the molecule is Cc1[nH]c(-c2ccc(C(F)(F)F)cc2)nc1CN1CCC(NCc2ccc(C#N)cc2)CC1. The van der Waals surface area contributed by atoms with Gasteiger partial charge in [-0.1, -0.05) is 24.3 Å². The molecule has 5 nitrogen and oxygen atoms in total. The Morgan fingerprint density at radius 2 is 1.76 bits per heavy atom. The lowest BCUT2D eigenvalue weighted by Crippen LogP contribution is -2.42. The van der Waals surface area contributed by atoms with Crippen molar-refractivity contribution in [2.24, 2.45) is 0 Å². The lowest BCUT2D eigenvalue weighted by atomic mass is 10.0. The highest BCUT2D eigenvalue weighted by atomic mass is 19.4. The number of alkyl halides is 3. The van der Waals surface area contributed by atoms with Gasteiger partial charge >= 0.3 is 6.18 Å². The van der Waals surface area contributed by atoms with E-state index in [-0.39, 0.29) is 0 Å². The number of piperidine rings is 1. The summed E-state index contributed by atoms with van der Waals surface area (Å²) < 4.78 is 38.4. The zero-order valence-electron chi connectivity index (χ0n) is 18.4. The summed E-state index contributed by atoms with van der Waals surface area (Å²) in [5.41, 5.74) is 3.68. The van der Waals surface area contributed by atoms with Crippen molar-refractivity contribution in [3.8, 4) is 17.5 Å². The number of nitrogens with one attached hydrogen (secondary N) is 2. The number of likely N-dealkylation sites (tertiary alicyclic amines) is 1. The first-order chi connectivity index (χ1) is 15.8. The molecule has 172 valence electrons. The molecule has 1 aromatic heterocycles. The number of hydrogen-bond acceptors (Lipinski definition) is 4. The number of hydrogen-bond donors (Lipinski definition) is 2. The van der Waals surface area contributed by atoms with Gasteiger partial charge in [-0.05, 0) is 49.6 Å². The molecule has 3 aromatic rings. The Labute approximate surface area is 191 Å². The van der Waals surface area contributed by atoms with Gasteiger partial charge in [0.15, 0.2) is 0 Å². The molecule has 2 aromatic carbocycles. The first-order valence-electron chi connectivity index (χ1n) is 11.0. The Hall–Kier alpha value is -3.15. The van der Waals surface area contributed by atoms with Gasteiger partial charge in [0.05, 0.1) is 22.9 Å². The van der Waals surface area contributed by atoms with Gasteiger partial charge in [-0.3, -0.25) is 4.90 Å². The molecule has 1 fully saturated rings. The summed E-state index contributed by atoms with van der Waals surface area (Å²) in [6.45, 7) is 5.35. The van der Waals surface area contributed by atoms with E-state index in [1.807, 2.05) is 31.2 Å². The van der Waals surface area contributed by atoms with Crippen molar-refractivity contribution in [2.75, 3.05) is 13.1 Å². The van der Waals surface area contributed by atoms with Crippen molar-refractivity contribution in [1.82, 2.24) is 20.2 Å². The van der Waals surface area contributed by atoms with Gasteiger partial charge in [-0.25, -0.2) is 4.98 Å². The number of halogens is 3. The van der Waals surface area contributed by atoms with Crippen molar-refractivity contribution < 1.29 is 13.2 Å². The van der Waals surface area contributed by atoms with Gasteiger partial charge in [-0.2, -0.15) is 18.4 Å². The third-order valence-corrected chi connectivity index (χ3v) is 6.11. The number of aromatic nitrogens is 2. The summed E-state index contributed by atoms with van der Waals surface area (Å²) in [6, 6.07) is 15.3. The quantitative estimate of drug-likeness (QED) is 0.549. The third-order valence-electron chi connectivity index (χ3n) is 6.11. The van der Waals surface area contributed by atoms with Crippen LogP contribution >= 0.6 is 0 Å². The molecule has 0 spiro atoms. The average Bonchev–Trinajstić information content (AvgIpc) is 3.18. The Morgan fingerprint density at radius 1 is 1.09 bits per heavy atom. The Balaban J connectivity index is 1.29. The van der Waals surface area contributed by atoms with Crippen LogP contribution in [0.3, 0.4) is 0 Å². The van der Waals surface area contributed by atoms with E-state index in [0.29, 0.717) is 29.5 Å². The number of nitriles is 1. The molecule has 1 aliphatic heterocycles. The number of aryl methyl sites for hydroxylation is 1. The van der Waals surface area contributed by atoms with Crippen molar-refractivity contribution in [3.63, 3.8) is 0 Å². The number of imidazole rings is 1. The van der Waals surface area contributed by atoms with Crippen LogP contribution in [0.25, 0.3) is 11.4 Å². The minimum absolute atomic E-state index is 0.444. The maximum Gasteiger partial charge on any atom is 0.416 e. The highest BCUT2D eigenvalue weighted by Gasteiger charge is 2.30. The molecule has 2 N–H and O–H groups in total. The zero-order chi connectivity index (χ0) is 23.4. The first-order valence-corrected chi connectivity index (χ1v) is 11.0. The second kappa shape index (κ2) is 9.77. The van der Waals surface area contributed by atoms with Crippen LogP contribution < -0.4 is 5.32 Å². The van der Waals surface area contributed by atoms with E-state index >= 15 is 0 Å². The fourth-order valence-electron chi connectivity index (χ4n) is 4.07. The standard InChI is InChI=1S/C25H26F3N5/c1-17-23(32-24(31-17)20-6-8-21(9-7-20)25(26,27)28)16-33-12-10-22(11-13-33)30-15-19-4-2-18(14-29)3-5-19/h2-9,22,30H,10-13,15-16H2,1H3,(H,31,32). The van der Waals surface area contributed by atoms with Crippen molar-refractivity contribution in [1.29, 1.82) is 5.26 Å². The molecule has 0 aliphatic carbocycles. The van der Waals surface area contributed by atoms with Gasteiger partial charge in [0.25, 0.3) is 0 Å². The molecule has 33 heavy (non-hydrogen) atoms. The summed E-state index contributed by atoms with van der Waals surface area (Å²) in [5, 5.41) is 12.5. The second-order valence-electron chi connectivity index (χ2n) is 8.47. The van der Waals surface area contributed by atoms with E-state index in [4.69, 9.17) is 5.26 Å². The van der Waals surface area contributed by atoms with Crippen molar-refractivity contribution in [2.45, 2.75) is 45.1 Å². The minimum Gasteiger partial charge on any atom is -0.342 e. The number of H-pyrrole nitrogens is 1. The van der Waals surface area contributed by atoms with E-state index in [9.17, 15) is 13.2 Å². The number of aromatic amines is 1. The van der Waals surface area contributed by atoms with Crippen molar-refractivity contribution in [3.05, 3.63) is 76.6 Å². The smallest absolute Gasteiger partial charge is 0.342 e. The lowest BCUT2D eigenvalue weighted by Gasteiger charge is -2.32. The van der Waals surface area contributed by atoms with Gasteiger partial charge in [0, 0.05) is 43.5 Å². The molecule has 1 saturated heterocycles. The minimum atomic E-state index is -4.34. The summed E-state index contributed by atoms with van der Waals surface area (Å²) in [7, 11) is 0. The fraction of sp³-hybridized carbons (Fsp3) is 0.360. The maximum atomic E-state index is 12.8. The molecular formula is C25H26F3N5. The van der Waals surface area contributed by atoms with E-state index < -0.39 is 11.7 Å². The van der Waals surface area contributed by atoms with Crippen LogP contribution in [0.5, 0.6) is 0 Å². The van der Waals surface area contributed by atoms with Crippen LogP contribution in [0.1, 0.15) is 40.9 Å². The summed E-state index contributed by atoms with van der Waals surface area (Å²) in [6.07, 6.45) is -2.28. The summed E-state index contributed by atoms with van der Waals surface area (Å²) in [4.78, 5) is 10.2. The van der Waals surface area contributed by atoms with E-state index in [2.05, 4.69) is 26.3 Å². The van der Waals surface area contributed by atoms with Crippen LogP contribution in [-0.2, 0) is 19.3 Å².